The Morgan fingerprint density at radius 2 is 1.96 bits per heavy atom. The van der Waals surface area contributed by atoms with Gasteiger partial charge in [0, 0.05) is 5.56 Å². The first-order valence-electron chi connectivity index (χ1n) is 6.99. The van der Waals surface area contributed by atoms with Crippen LogP contribution in [0.4, 0.5) is 4.39 Å². The van der Waals surface area contributed by atoms with Gasteiger partial charge in [-0.15, -0.1) is 0 Å². The number of nitrogens with one attached hydrogen (secondary N) is 2. The molecule has 0 unspecified atom stereocenters. The van der Waals surface area contributed by atoms with Gasteiger partial charge in [-0.3, -0.25) is 0 Å². The Hall–Kier alpha value is -2.67. The average Bonchev–Trinajstić information content (AvgIpc) is 2.95. The number of H-pyrrole nitrogens is 1. The molecule has 0 saturated carbocycles. The second-order valence-corrected chi connectivity index (χ2v) is 5.20. The highest BCUT2D eigenvalue weighted by Gasteiger charge is 2.13. The quantitative estimate of drug-likeness (QED) is 0.703. The standard InChI is InChI=1S/C16H15FN4OS/c1-22-14-9-5-3-7-12(14)15-19-20-16(23)21(15)18-10-11-6-2-4-8-13(11)17/h2-9,18H,10H2,1H3,(H,20,23). The van der Waals surface area contributed by atoms with E-state index in [-0.39, 0.29) is 12.4 Å². The van der Waals surface area contributed by atoms with Crippen molar-refractivity contribution in [2.24, 2.45) is 0 Å². The van der Waals surface area contributed by atoms with E-state index in [2.05, 4.69) is 15.6 Å². The van der Waals surface area contributed by atoms with Crippen LogP contribution in [0, 0.1) is 10.6 Å². The van der Waals surface area contributed by atoms with Gasteiger partial charge in [0.25, 0.3) is 0 Å². The van der Waals surface area contributed by atoms with Crippen molar-refractivity contribution in [1.82, 2.24) is 14.9 Å². The van der Waals surface area contributed by atoms with Crippen molar-refractivity contribution >= 4 is 12.2 Å². The highest BCUT2D eigenvalue weighted by atomic mass is 32.1. The van der Waals surface area contributed by atoms with E-state index >= 15 is 0 Å². The topological polar surface area (TPSA) is 54.9 Å². The van der Waals surface area contributed by atoms with Crippen molar-refractivity contribution in [3.8, 4) is 17.1 Å². The number of benzene rings is 2. The third-order valence-corrected chi connectivity index (χ3v) is 3.68. The minimum Gasteiger partial charge on any atom is -0.496 e. The molecule has 0 radical (unpaired) electrons. The van der Waals surface area contributed by atoms with E-state index < -0.39 is 0 Å². The number of methoxy groups -OCH3 is 1. The van der Waals surface area contributed by atoms with Crippen LogP contribution >= 0.6 is 12.2 Å². The number of hydrogen-bond acceptors (Lipinski definition) is 4. The predicted octanol–water partition coefficient (Wildman–Crippen LogP) is 3.50. The van der Waals surface area contributed by atoms with Crippen LogP contribution in [-0.2, 0) is 6.54 Å². The molecule has 0 atom stereocenters. The summed E-state index contributed by atoms with van der Waals surface area (Å²) in [6.45, 7) is 0.280. The van der Waals surface area contributed by atoms with Crippen LogP contribution in [0.25, 0.3) is 11.4 Å². The molecule has 3 rings (SSSR count). The molecule has 0 spiro atoms. The van der Waals surface area contributed by atoms with Crippen molar-refractivity contribution in [2.75, 3.05) is 12.5 Å². The molecule has 5 nitrogen and oxygen atoms in total. The molecule has 2 aromatic carbocycles. The zero-order valence-electron chi connectivity index (χ0n) is 12.4. The Morgan fingerprint density at radius 1 is 1.22 bits per heavy atom. The Labute approximate surface area is 137 Å². The molecule has 0 bridgehead atoms. The minimum absolute atomic E-state index is 0.270. The summed E-state index contributed by atoms with van der Waals surface area (Å²) in [6, 6.07) is 14.1. The van der Waals surface area contributed by atoms with Gasteiger partial charge in [0.15, 0.2) is 5.82 Å². The van der Waals surface area contributed by atoms with Gasteiger partial charge in [-0.25, -0.2) is 14.2 Å². The summed E-state index contributed by atoms with van der Waals surface area (Å²) in [5.41, 5.74) is 4.42. The molecule has 0 fully saturated rings. The SMILES string of the molecule is COc1ccccc1-c1n[nH]c(=S)n1NCc1ccccc1F. The first-order valence-corrected chi connectivity index (χ1v) is 7.39. The summed E-state index contributed by atoms with van der Waals surface area (Å²) >= 11 is 5.25. The normalized spacial score (nSPS) is 10.5. The Balaban J connectivity index is 1.94. The molecular weight excluding hydrogens is 315 g/mol. The first-order chi connectivity index (χ1) is 11.2. The lowest BCUT2D eigenvalue weighted by Crippen LogP contribution is -2.16. The number of rotatable bonds is 5. The van der Waals surface area contributed by atoms with Crippen molar-refractivity contribution in [3.63, 3.8) is 0 Å². The molecule has 0 saturated heterocycles. The fourth-order valence-electron chi connectivity index (χ4n) is 2.26. The Bertz CT molecular complexity index is 874. The van der Waals surface area contributed by atoms with Gasteiger partial charge in [0.05, 0.1) is 19.2 Å². The lowest BCUT2D eigenvalue weighted by Gasteiger charge is -2.12. The van der Waals surface area contributed by atoms with E-state index in [0.29, 0.717) is 21.9 Å². The van der Waals surface area contributed by atoms with Gasteiger partial charge in [0.2, 0.25) is 4.77 Å². The third-order valence-electron chi connectivity index (χ3n) is 3.41. The molecule has 7 heteroatoms. The number of ether oxygens (including phenoxy) is 1. The van der Waals surface area contributed by atoms with Crippen molar-refractivity contribution in [3.05, 3.63) is 64.7 Å². The number of halogens is 1. The largest absolute Gasteiger partial charge is 0.496 e. The molecule has 0 aliphatic heterocycles. The molecule has 1 heterocycles. The summed E-state index contributed by atoms with van der Waals surface area (Å²) < 4.78 is 21.1. The van der Waals surface area contributed by atoms with E-state index in [1.807, 2.05) is 24.3 Å². The van der Waals surface area contributed by atoms with Crippen LogP contribution in [0.5, 0.6) is 5.75 Å². The minimum atomic E-state index is -0.270. The highest BCUT2D eigenvalue weighted by Crippen LogP contribution is 2.27. The molecule has 2 N–H and O–H groups in total. The number of hydrogen-bond donors (Lipinski definition) is 2. The van der Waals surface area contributed by atoms with Crippen molar-refractivity contribution in [2.45, 2.75) is 6.54 Å². The molecule has 1 aromatic heterocycles. The Kier molecular flexibility index (Phi) is 4.38. The molecular formula is C16H15FN4OS. The van der Waals surface area contributed by atoms with Crippen LogP contribution in [0.2, 0.25) is 0 Å². The lowest BCUT2D eigenvalue weighted by molar-refractivity contribution is 0.416. The zero-order valence-corrected chi connectivity index (χ0v) is 13.2. The third kappa shape index (κ3) is 3.09. The predicted molar refractivity (Wildman–Crippen MR) is 88.9 cm³/mol. The van der Waals surface area contributed by atoms with Gasteiger partial charge in [0.1, 0.15) is 11.6 Å². The van der Waals surface area contributed by atoms with Crippen molar-refractivity contribution in [1.29, 1.82) is 0 Å². The van der Waals surface area contributed by atoms with Gasteiger partial charge >= 0.3 is 0 Å². The average molecular weight is 330 g/mol. The second-order valence-electron chi connectivity index (χ2n) is 4.81. The van der Waals surface area contributed by atoms with Gasteiger partial charge < -0.3 is 10.2 Å². The van der Waals surface area contributed by atoms with E-state index in [0.717, 1.165) is 5.56 Å². The van der Waals surface area contributed by atoms with E-state index in [1.54, 1.807) is 30.0 Å². The first kappa shape index (κ1) is 15.2. The summed E-state index contributed by atoms with van der Waals surface area (Å²) in [6.07, 6.45) is 0. The van der Waals surface area contributed by atoms with Crippen molar-refractivity contribution < 1.29 is 9.13 Å². The van der Waals surface area contributed by atoms with Gasteiger partial charge in [-0.05, 0) is 30.4 Å². The summed E-state index contributed by atoms with van der Waals surface area (Å²) in [5.74, 6) is 0.980. The van der Waals surface area contributed by atoms with Crippen LogP contribution in [0.15, 0.2) is 48.5 Å². The smallest absolute Gasteiger partial charge is 0.214 e. The Morgan fingerprint density at radius 3 is 2.74 bits per heavy atom. The highest BCUT2D eigenvalue weighted by molar-refractivity contribution is 7.71. The molecule has 3 aromatic rings. The molecule has 0 aliphatic rings. The maximum atomic E-state index is 13.7. The maximum absolute atomic E-state index is 13.7. The van der Waals surface area contributed by atoms with Crippen LogP contribution in [-0.4, -0.2) is 22.0 Å². The fourth-order valence-corrected chi connectivity index (χ4v) is 2.46. The van der Waals surface area contributed by atoms with E-state index in [4.69, 9.17) is 17.0 Å². The molecule has 23 heavy (non-hydrogen) atoms. The number of aromatic amines is 1. The summed E-state index contributed by atoms with van der Waals surface area (Å²) in [5, 5.41) is 6.98. The van der Waals surface area contributed by atoms with Crippen LogP contribution in [0.1, 0.15) is 5.56 Å². The molecule has 0 amide bonds. The fraction of sp³-hybridized carbons (Fsp3) is 0.125. The molecule has 0 aliphatic carbocycles. The second kappa shape index (κ2) is 6.62. The number of nitrogens with zero attached hydrogens (tertiary/aromatic N) is 2. The maximum Gasteiger partial charge on any atom is 0.214 e. The van der Waals surface area contributed by atoms with E-state index in [1.165, 1.54) is 6.07 Å². The van der Waals surface area contributed by atoms with E-state index in [9.17, 15) is 4.39 Å². The summed E-state index contributed by atoms with van der Waals surface area (Å²) in [7, 11) is 1.59. The molecule has 118 valence electrons. The zero-order chi connectivity index (χ0) is 16.2. The van der Waals surface area contributed by atoms with Gasteiger partial charge in [-0.2, -0.15) is 5.10 Å². The van der Waals surface area contributed by atoms with Gasteiger partial charge in [-0.1, -0.05) is 30.3 Å². The monoisotopic (exact) mass is 330 g/mol. The number of para-hydroxylation sites is 1. The number of aromatic nitrogens is 3. The summed E-state index contributed by atoms with van der Waals surface area (Å²) in [4.78, 5) is 0. The van der Waals surface area contributed by atoms with Crippen LogP contribution < -0.4 is 10.2 Å². The lowest BCUT2D eigenvalue weighted by atomic mass is 10.2. The van der Waals surface area contributed by atoms with Crippen LogP contribution in [0.3, 0.4) is 0 Å².